The molecule has 0 aliphatic carbocycles. The molecule has 0 radical (unpaired) electrons. The van der Waals surface area contributed by atoms with Crippen molar-refractivity contribution >= 4 is 17.4 Å². The Hall–Kier alpha value is -2.50. The quantitative estimate of drug-likeness (QED) is 0.760. The Kier molecular flexibility index (Phi) is 2.45. The van der Waals surface area contributed by atoms with Crippen LogP contribution >= 0.6 is 0 Å². The van der Waals surface area contributed by atoms with Gasteiger partial charge >= 0.3 is 0 Å². The molecule has 0 atom stereocenters. The van der Waals surface area contributed by atoms with Crippen LogP contribution in [0.4, 0.5) is 5.69 Å². The van der Waals surface area contributed by atoms with Crippen LogP contribution in [-0.4, -0.2) is 21.8 Å². The van der Waals surface area contributed by atoms with E-state index in [9.17, 15) is 9.59 Å². The van der Waals surface area contributed by atoms with Gasteiger partial charge in [0.25, 0.3) is 11.7 Å². The molecule has 6 heteroatoms. The molecule has 2 heterocycles. The molecule has 0 fully saturated rings. The fourth-order valence-corrected chi connectivity index (χ4v) is 2.32. The van der Waals surface area contributed by atoms with E-state index in [4.69, 9.17) is 0 Å². The van der Waals surface area contributed by atoms with E-state index < -0.39 is 11.7 Å². The summed E-state index contributed by atoms with van der Waals surface area (Å²) in [6.45, 7) is 3.83. The molecular weight excluding hydrogens is 246 g/mol. The molecule has 1 aliphatic heterocycles. The van der Waals surface area contributed by atoms with Gasteiger partial charge in [0.15, 0.2) is 5.82 Å². The van der Waals surface area contributed by atoms with E-state index in [-0.39, 0.29) is 6.54 Å². The van der Waals surface area contributed by atoms with Gasteiger partial charge in [-0.1, -0.05) is 17.3 Å². The summed E-state index contributed by atoms with van der Waals surface area (Å²) in [5.74, 6) is -0.646. The number of aromatic nitrogens is 2. The van der Waals surface area contributed by atoms with E-state index in [2.05, 4.69) is 14.7 Å². The number of carbonyl (C=O) groups excluding carboxylic acids is 2. The molecular formula is C13H11N3O3. The summed E-state index contributed by atoms with van der Waals surface area (Å²) in [5.41, 5.74) is 2.81. The second-order valence-electron chi connectivity index (χ2n) is 4.49. The van der Waals surface area contributed by atoms with Gasteiger partial charge < -0.3 is 4.52 Å². The van der Waals surface area contributed by atoms with E-state index >= 15 is 0 Å². The molecule has 1 aromatic carbocycles. The lowest BCUT2D eigenvalue weighted by atomic mass is 10.0. The largest absolute Gasteiger partial charge is 0.343 e. The third kappa shape index (κ3) is 1.64. The van der Waals surface area contributed by atoms with Crippen molar-refractivity contribution in [2.75, 3.05) is 4.90 Å². The Morgan fingerprint density at radius 1 is 1.21 bits per heavy atom. The van der Waals surface area contributed by atoms with Crippen LogP contribution in [0.2, 0.25) is 0 Å². The number of rotatable bonds is 2. The maximum atomic E-state index is 12.1. The molecule has 3 rings (SSSR count). The van der Waals surface area contributed by atoms with E-state index in [1.807, 2.05) is 26.0 Å². The maximum absolute atomic E-state index is 12.1. The first kappa shape index (κ1) is 11.6. The lowest BCUT2D eigenvalue weighted by Crippen LogP contribution is -2.29. The molecule has 0 saturated heterocycles. The molecule has 6 nitrogen and oxygen atoms in total. The average molecular weight is 257 g/mol. The van der Waals surface area contributed by atoms with Gasteiger partial charge in [-0.15, -0.1) is 0 Å². The van der Waals surface area contributed by atoms with E-state index in [0.717, 1.165) is 11.1 Å². The summed E-state index contributed by atoms with van der Waals surface area (Å²) < 4.78 is 4.64. The van der Waals surface area contributed by atoms with Crippen molar-refractivity contribution in [2.45, 2.75) is 20.4 Å². The van der Waals surface area contributed by atoms with Crippen molar-refractivity contribution < 1.29 is 14.1 Å². The summed E-state index contributed by atoms with van der Waals surface area (Å²) >= 11 is 0. The van der Waals surface area contributed by atoms with Crippen LogP contribution in [0.15, 0.2) is 23.0 Å². The summed E-state index contributed by atoms with van der Waals surface area (Å²) in [7, 11) is 0. The highest BCUT2D eigenvalue weighted by Crippen LogP contribution is 2.35. The molecule has 1 aliphatic rings. The standard InChI is InChI=1S/C13H11N3O3/c1-7-3-4-8(2)11-10(7)12(17)13(18)16(11)5-9-14-6-19-15-9/h3-4,6H,5H2,1-2H3. The smallest absolute Gasteiger partial charge is 0.299 e. The third-order valence-corrected chi connectivity index (χ3v) is 3.23. The highest BCUT2D eigenvalue weighted by molar-refractivity contribution is 6.52. The summed E-state index contributed by atoms with van der Waals surface area (Å²) in [6.07, 6.45) is 1.20. The van der Waals surface area contributed by atoms with Crippen LogP contribution in [0, 0.1) is 13.8 Å². The zero-order chi connectivity index (χ0) is 13.6. The van der Waals surface area contributed by atoms with Crippen molar-refractivity contribution in [3.8, 4) is 0 Å². The Morgan fingerprint density at radius 3 is 2.63 bits per heavy atom. The van der Waals surface area contributed by atoms with Crippen LogP contribution in [0.3, 0.4) is 0 Å². The van der Waals surface area contributed by atoms with Gasteiger partial charge in [-0.05, 0) is 25.0 Å². The Morgan fingerprint density at radius 2 is 1.95 bits per heavy atom. The van der Waals surface area contributed by atoms with E-state index in [1.54, 1.807) is 0 Å². The van der Waals surface area contributed by atoms with Crippen molar-refractivity contribution in [1.29, 1.82) is 0 Å². The number of carbonyl (C=O) groups is 2. The van der Waals surface area contributed by atoms with Crippen LogP contribution in [0.5, 0.6) is 0 Å². The fraction of sp³-hybridized carbons (Fsp3) is 0.231. The summed E-state index contributed by atoms with van der Waals surface area (Å²) in [6, 6.07) is 3.74. The van der Waals surface area contributed by atoms with Crippen molar-refractivity contribution in [2.24, 2.45) is 0 Å². The highest BCUT2D eigenvalue weighted by Gasteiger charge is 2.38. The zero-order valence-corrected chi connectivity index (χ0v) is 10.5. The summed E-state index contributed by atoms with van der Waals surface area (Å²) in [4.78, 5) is 29.4. The van der Waals surface area contributed by atoms with Gasteiger partial charge in [-0.3, -0.25) is 14.5 Å². The van der Waals surface area contributed by atoms with Crippen molar-refractivity contribution in [1.82, 2.24) is 10.1 Å². The molecule has 0 saturated carbocycles. The summed E-state index contributed by atoms with van der Waals surface area (Å²) in [5, 5.41) is 3.67. The Balaban J connectivity index is 2.12. The van der Waals surface area contributed by atoms with E-state index in [0.29, 0.717) is 17.1 Å². The number of amides is 1. The van der Waals surface area contributed by atoms with Gasteiger partial charge in [-0.25, -0.2) is 0 Å². The average Bonchev–Trinajstić information content (AvgIpc) is 2.97. The molecule has 1 aromatic heterocycles. The predicted molar refractivity (Wildman–Crippen MR) is 65.7 cm³/mol. The number of anilines is 1. The monoisotopic (exact) mass is 257 g/mol. The topological polar surface area (TPSA) is 76.3 Å². The molecule has 0 bridgehead atoms. The number of benzene rings is 1. The molecule has 0 unspecified atom stereocenters. The number of Topliss-reactive ketones (excluding diaryl/α,β-unsaturated/α-hetero) is 1. The Labute approximate surface area is 109 Å². The number of nitrogens with zero attached hydrogens (tertiary/aromatic N) is 3. The second-order valence-corrected chi connectivity index (χ2v) is 4.49. The maximum Gasteiger partial charge on any atom is 0.299 e. The SMILES string of the molecule is Cc1ccc(C)c2c1C(=O)C(=O)N2Cc1ncon1. The third-order valence-electron chi connectivity index (χ3n) is 3.23. The first-order valence-electron chi connectivity index (χ1n) is 5.81. The number of hydrogen-bond acceptors (Lipinski definition) is 5. The van der Waals surface area contributed by atoms with Gasteiger partial charge in [0.1, 0.15) is 0 Å². The fourth-order valence-electron chi connectivity index (χ4n) is 2.32. The lowest BCUT2D eigenvalue weighted by molar-refractivity contribution is -0.114. The number of ketones is 1. The molecule has 96 valence electrons. The van der Waals surface area contributed by atoms with Crippen LogP contribution in [0.25, 0.3) is 0 Å². The van der Waals surface area contributed by atoms with Gasteiger partial charge in [0, 0.05) is 0 Å². The van der Waals surface area contributed by atoms with E-state index in [1.165, 1.54) is 11.3 Å². The van der Waals surface area contributed by atoms with Crippen molar-refractivity contribution in [3.63, 3.8) is 0 Å². The minimum Gasteiger partial charge on any atom is -0.343 e. The normalized spacial score (nSPS) is 14.1. The zero-order valence-electron chi connectivity index (χ0n) is 10.5. The first-order valence-corrected chi connectivity index (χ1v) is 5.81. The van der Waals surface area contributed by atoms with Gasteiger partial charge in [-0.2, -0.15) is 4.98 Å². The van der Waals surface area contributed by atoms with Crippen molar-refractivity contribution in [3.05, 3.63) is 41.0 Å². The van der Waals surface area contributed by atoms with Crippen LogP contribution in [-0.2, 0) is 11.3 Å². The second kappa shape index (κ2) is 4.01. The first-order chi connectivity index (χ1) is 9.09. The highest BCUT2D eigenvalue weighted by atomic mass is 16.5. The van der Waals surface area contributed by atoms with Gasteiger partial charge in [0.05, 0.1) is 17.8 Å². The van der Waals surface area contributed by atoms with Gasteiger partial charge in [0.2, 0.25) is 6.39 Å². The van der Waals surface area contributed by atoms with Crippen LogP contribution < -0.4 is 4.90 Å². The predicted octanol–water partition coefficient (Wildman–Crippen LogP) is 1.42. The number of hydrogen-bond donors (Lipinski definition) is 0. The minimum atomic E-state index is -0.544. The molecule has 0 spiro atoms. The minimum absolute atomic E-state index is 0.137. The molecule has 0 N–H and O–H groups in total. The van der Waals surface area contributed by atoms with Crippen LogP contribution in [0.1, 0.15) is 27.3 Å². The number of aryl methyl sites for hydroxylation is 2. The molecule has 1 amide bonds. The molecule has 2 aromatic rings. The lowest BCUT2D eigenvalue weighted by Gasteiger charge is -2.16. The molecule has 19 heavy (non-hydrogen) atoms. The Bertz CT molecular complexity index is 677. The number of fused-ring (bicyclic) bond motifs is 1.